The molecule has 0 aliphatic carbocycles. The normalized spacial score (nSPS) is 9.86. The number of aryl methyl sites for hydroxylation is 2. The predicted octanol–water partition coefficient (Wildman–Crippen LogP) is 1.00. The second-order valence-corrected chi connectivity index (χ2v) is 4.64. The van der Waals surface area contributed by atoms with Gasteiger partial charge in [-0.2, -0.15) is 5.10 Å². The summed E-state index contributed by atoms with van der Waals surface area (Å²) in [6, 6.07) is 7.29. The van der Waals surface area contributed by atoms with E-state index in [1.54, 1.807) is 16.9 Å². The molecule has 5 nitrogen and oxygen atoms in total. The van der Waals surface area contributed by atoms with Gasteiger partial charge in [-0.25, -0.2) is 0 Å². The second-order valence-electron chi connectivity index (χ2n) is 4.64. The van der Waals surface area contributed by atoms with E-state index in [-0.39, 0.29) is 12.5 Å². The van der Waals surface area contributed by atoms with Crippen molar-refractivity contribution in [2.24, 2.45) is 7.05 Å². The number of carbonyl (C=O) groups is 1. The Morgan fingerprint density at radius 1 is 1.43 bits per heavy atom. The average Bonchev–Trinajstić information content (AvgIpc) is 2.88. The lowest BCUT2D eigenvalue weighted by molar-refractivity contribution is 0.0950. The molecule has 0 atom stereocenters. The van der Waals surface area contributed by atoms with Crippen LogP contribution in [-0.2, 0) is 13.6 Å². The van der Waals surface area contributed by atoms with Crippen LogP contribution in [0, 0.1) is 18.8 Å². The zero-order chi connectivity index (χ0) is 15.2. The molecule has 0 bridgehead atoms. The van der Waals surface area contributed by atoms with Crippen molar-refractivity contribution in [3.8, 4) is 11.8 Å². The molecule has 0 radical (unpaired) electrons. The zero-order valence-corrected chi connectivity index (χ0v) is 12.1. The first-order valence-corrected chi connectivity index (χ1v) is 6.57. The van der Waals surface area contributed by atoms with E-state index in [4.69, 9.17) is 5.11 Å². The Bertz CT molecular complexity index is 708. The molecule has 0 aliphatic heterocycles. The number of carbonyl (C=O) groups excluding carboxylic acids is 1. The van der Waals surface area contributed by atoms with E-state index < -0.39 is 0 Å². The average molecular weight is 283 g/mol. The van der Waals surface area contributed by atoms with Crippen LogP contribution in [0.2, 0.25) is 0 Å². The van der Waals surface area contributed by atoms with Gasteiger partial charge < -0.3 is 10.4 Å². The Morgan fingerprint density at radius 3 is 2.90 bits per heavy atom. The van der Waals surface area contributed by atoms with E-state index in [2.05, 4.69) is 22.3 Å². The number of nitrogens with one attached hydrogen (secondary N) is 1. The van der Waals surface area contributed by atoms with Crippen molar-refractivity contribution in [3.63, 3.8) is 0 Å². The first-order chi connectivity index (χ1) is 10.1. The first kappa shape index (κ1) is 14.8. The van der Waals surface area contributed by atoms with E-state index in [1.165, 1.54) is 0 Å². The Labute approximate surface area is 123 Å². The number of aromatic nitrogens is 2. The summed E-state index contributed by atoms with van der Waals surface area (Å²) in [5, 5.41) is 15.7. The maximum atomic E-state index is 12.3. The topological polar surface area (TPSA) is 67.2 Å². The number of nitrogens with zero attached hydrogens (tertiary/aromatic N) is 2. The molecule has 0 spiro atoms. The third-order valence-corrected chi connectivity index (χ3v) is 3.07. The molecular weight excluding hydrogens is 266 g/mol. The van der Waals surface area contributed by atoms with Crippen molar-refractivity contribution in [1.82, 2.24) is 15.1 Å². The largest absolute Gasteiger partial charge is 0.384 e. The fourth-order valence-electron chi connectivity index (χ4n) is 1.94. The van der Waals surface area contributed by atoms with Crippen molar-refractivity contribution in [2.75, 3.05) is 6.61 Å². The Balaban J connectivity index is 2.17. The molecule has 21 heavy (non-hydrogen) atoms. The number of amides is 1. The third kappa shape index (κ3) is 3.71. The molecule has 108 valence electrons. The molecule has 0 saturated heterocycles. The summed E-state index contributed by atoms with van der Waals surface area (Å²) in [4.78, 5) is 12.3. The van der Waals surface area contributed by atoms with Gasteiger partial charge in [-0.05, 0) is 30.7 Å². The minimum atomic E-state index is -0.232. The van der Waals surface area contributed by atoms with E-state index in [0.29, 0.717) is 17.7 Å². The molecule has 5 heteroatoms. The van der Waals surface area contributed by atoms with Gasteiger partial charge in [-0.3, -0.25) is 9.48 Å². The summed E-state index contributed by atoms with van der Waals surface area (Å²) in [5.41, 5.74) is 3.05. The molecule has 0 unspecified atom stereocenters. The van der Waals surface area contributed by atoms with Gasteiger partial charge in [0.2, 0.25) is 0 Å². The van der Waals surface area contributed by atoms with Crippen molar-refractivity contribution in [2.45, 2.75) is 13.5 Å². The lowest BCUT2D eigenvalue weighted by Gasteiger charge is -2.08. The van der Waals surface area contributed by atoms with Gasteiger partial charge in [0.25, 0.3) is 5.91 Å². The predicted molar refractivity (Wildman–Crippen MR) is 79.5 cm³/mol. The maximum absolute atomic E-state index is 12.3. The molecule has 1 heterocycles. The van der Waals surface area contributed by atoms with Gasteiger partial charge in [-0.1, -0.05) is 17.9 Å². The molecule has 2 N–H and O–H groups in total. The highest BCUT2D eigenvalue weighted by Gasteiger charge is 2.11. The third-order valence-electron chi connectivity index (χ3n) is 3.07. The van der Waals surface area contributed by atoms with Gasteiger partial charge >= 0.3 is 0 Å². The van der Waals surface area contributed by atoms with Crippen LogP contribution < -0.4 is 5.32 Å². The fourth-order valence-corrected chi connectivity index (χ4v) is 1.94. The van der Waals surface area contributed by atoms with E-state index in [0.717, 1.165) is 11.3 Å². The van der Waals surface area contributed by atoms with Crippen LogP contribution in [0.4, 0.5) is 0 Å². The van der Waals surface area contributed by atoms with Crippen LogP contribution in [0.15, 0.2) is 30.5 Å². The van der Waals surface area contributed by atoms with Gasteiger partial charge in [0.05, 0.1) is 17.8 Å². The smallest absolute Gasteiger partial charge is 0.252 e. The Morgan fingerprint density at radius 2 is 2.24 bits per heavy atom. The van der Waals surface area contributed by atoms with Crippen LogP contribution in [0.5, 0.6) is 0 Å². The highest BCUT2D eigenvalue weighted by Crippen LogP contribution is 2.11. The van der Waals surface area contributed by atoms with Gasteiger partial charge in [0, 0.05) is 18.8 Å². The summed E-state index contributed by atoms with van der Waals surface area (Å²) in [6.07, 6.45) is 1.69. The van der Waals surface area contributed by atoms with Crippen molar-refractivity contribution in [3.05, 3.63) is 52.8 Å². The van der Waals surface area contributed by atoms with Crippen molar-refractivity contribution < 1.29 is 9.90 Å². The second kappa shape index (κ2) is 6.73. The molecule has 1 amide bonds. The molecule has 1 aromatic carbocycles. The fraction of sp³-hybridized carbons (Fsp3) is 0.250. The molecule has 0 saturated carbocycles. The summed E-state index contributed by atoms with van der Waals surface area (Å²) in [5.74, 6) is 5.19. The van der Waals surface area contributed by atoms with Gasteiger partial charge in [0.15, 0.2) is 0 Å². The minimum Gasteiger partial charge on any atom is -0.384 e. The lowest BCUT2D eigenvalue weighted by atomic mass is 10.0. The van der Waals surface area contributed by atoms with Gasteiger partial charge in [0.1, 0.15) is 6.61 Å². The van der Waals surface area contributed by atoms with Gasteiger partial charge in [-0.15, -0.1) is 0 Å². The number of hydrogen-bond acceptors (Lipinski definition) is 3. The molecule has 2 rings (SSSR count). The number of rotatable bonds is 3. The van der Waals surface area contributed by atoms with Crippen LogP contribution in [0.3, 0.4) is 0 Å². The Kier molecular flexibility index (Phi) is 4.75. The SMILES string of the molecule is Cc1ccc(C(=O)NCc2ccnn2C)c(C#CCO)c1. The van der Waals surface area contributed by atoms with Crippen LogP contribution in [-0.4, -0.2) is 27.4 Å². The van der Waals surface area contributed by atoms with E-state index >= 15 is 0 Å². The molecular formula is C16H17N3O2. The number of aliphatic hydroxyl groups is 1. The van der Waals surface area contributed by atoms with E-state index in [1.807, 2.05) is 32.2 Å². The lowest BCUT2D eigenvalue weighted by Crippen LogP contribution is -2.24. The quantitative estimate of drug-likeness (QED) is 0.826. The monoisotopic (exact) mass is 283 g/mol. The van der Waals surface area contributed by atoms with Crippen molar-refractivity contribution in [1.29, 1.82) is 0 Å². The van der Waals surface area contributed by atoms with Crippen LogP contribution >= 0.6 is 0 Å². The number of aliphatic hydroxyl groups excluding tert-OH is 1. The minimum absolute atomic E-state index is 0.196. The summed E-state index contributed by atoms with van der Waals surface area (Å²) in [7, 11) is 1.82. The molecule has 1 aromatic heterocycles. The van der Waals surface area contributed by atoms with Crippen LogP contribution in [0.1, 0.15) is 27.2 Å². The number of hydrogen-bond donors (Lipinski definition) is 2. The summed E-state index contributed by atoms with van der Waals surface area (Å²) in [6.45, 7) is 2.10. The zero-order valence-electron chi connectivity index (χ0n) is 12.1. The van der Waals surface area contributed by atoms with Crippen molar-refractivity contribution >= 4 is 5.91 Å². The molecule has 2 aromatic rings. The Hall–Kier alpha value is -2.58. The molecule has 0 aliphatic rings. The maximum Gasteiger partial charge on any atom is 0.252 e. The highest BCUT2D eigenvalue weighted by molar-refractivity contribution is 5.96. The highest BCUT2D eigenvalue weighted by atomic mass is 16.2. The summed E-state index contributed by atoms with van der Waals surface area (Å²) < 4.78 is 1.71. The van der Waals surface area contributed by atoms with E-state index in [9.17, 15) is 4.79 Å². The number of benzene rings is 1. The standard InChI is InChI=1S/C16H17N3O2/c1-12-5-6-15(13(10-12)4-3-9-20)16(21)17-11-14-7-8-18-19(14)2/h5-8,10,20H,9,11H2,1-2H3,(H,17,21). The molecule has 0 fully saturated rings. The van der Waals surface area contributed by atoms with Crippen LogP contribution in [0.25, 0.3) is 0 Å². The first-order valence-electron chi connectivity index (χ1n) is 6.57. The summed E-state index contributed by atoms with van der Waals surface area (Å²) >= 11 is 0.